The molecule has 1 heterocycles. The largest absolute Gasteiger partial charge is 0.370 e. The summed E-state index contributed by atoms with van der Waals surface area (Å²) in [6.45, 7) is 4.97. The van der Waals surface area contributed by atoms with Crippen molar-refractivity contribution in [2.75, 3.05) is 19.6 Å². The lowest BCUT2D eigenvalue weighted by Crippen LogP contribution is -2.41. The average molecular weight is 184 g/mol. The van der Waals surface area contributed by atoms with E-state index >= 15 is 0 Å². The standard InChI is InChI=1S/C9H20N4/c1-8(10)4-2-6-13-7-3-5-12-9(13)11/h8H,2-7,10H2,1H3,(H2,11,12). The van der Waals surface area contributed by atoms with E-state index in [2.05, 4.69) is 9.89 Å². The van der Waals surface area contributed by atoms with Crippen molar-refractivity contribution < 1.29 is 0 Å². The molecule has 1 rings (SSSR count). The van der Waals surface area contributed by atoms with Gasteiger partial charge in [0.2, 0.25) is 0 Å². The number of hydrogen-bond acceptors (Lipinski definition) is 4. The quantitative estimate of drug-likeness (QED) is 0.653. The van der Waals surface area contributed by atoms with Gasteiger partial charge in [-0.25, -0.2) is 0 Å². The summed E-state index contributed by atoms with van der Waals surface area (Å²) in [5.41, 5.74) is 11.4. The first-order valence-electron chi connectivity index (χ1n) is 5.00. The van der Waals surface area contributed by atoms with Gasteiger partial charge in [0.1, 0.15) is 0 Å². The Morgan fingerprint density at radius 1 is 1.62 bits per heavy atom. The minimum Gasteiger partial charge on any atom is -0.370 e. The summed E-state index contributed by atoms with van der Waals surface area (Å²) in [5.74, 6) is 0.705. The highest BCUT2D eigenvalue weighted by Crippen LogP contribution is 2.03. The molecule has 0 radical (unpaired) electrons. The number of hydrogen-bond donors (Lipinski definition) is 2. The van der Waals surface area contributed by atoms with Crippen LogP contribution in [0.15, 0.2) is 4.99 Å². The van der Waals surface area contributed by atoms with E-state index in [1.54, 1.807) is 0 Å². The van der Waals surface area contributed by atoms with E-state index < -0.39 is 0 Å². The number of rotatable bonds is 4. The molecule has 0 bridgehead atoms. The maximum absolute atomic E-state index is 5.74. The molecule has 0 amide bonds. The zero-order valence-corrected chi connectivity index (χ0v) is 8.37. The molecule has 1 atom stereocenters. The molecule has 0 saturated heterocycles. The highest BCUT2D eigenvalue weighted by molar-refractivity contribution is 5.78. The van der Waals surface area contributed by atoms with E-state index in [0.29, 0.717) is 12.0 Å². The van der Waals surface area contributed by atoms with Crippen molar-refractivity contribution in [1.82, 2.24) is 4.90 Å². The summed E-state index contributed by atoms with van der Waals surface area (Å²) in [4.78, 5) is 6.34. The molecule has 4 heteroatoms. The van der Waals surface area contributed by atoms with E-state index in [1.165, 1.54) is 0 Å². The Balaban J connectivity index is 2.20. The maximum atomic E-state index is 5.74. The Labute approximate surface area is 80.0 Å². The number of nitrogens with zero attached hydrogens (tertiary/aromatic N) is 2. The van der Waals surface area contributed by atoms with E-state index in [0.717, 1.165) is 38.9 Å². The van der Waals surface area contributed by atoms with Crippen LogP contribution in [0.3, 0.4) is 0 Å². The molecule has 76 valence electrons. The molecule has 13 heavy (non-hydrogen) atoms. The van der Waals surface area contributed by atoms with Crippen molar-refractivity contribution in [2.45, 2.75) is 32.2 Å². The van der Waals surface area contributed by atoms with Gasteiger partial charge >= 0.3 is 0 Å². The highest BCUT2D eigenvalue weighted by Gasteiger charge is 2.10. The zero-order valence-electron chi connectivity index (χ0n) is 8.37. The SMILES string of the molecule is CC(N)CCCN1CCCN=C1N. The fraction of sp³-hybridized carbons (Fsp3) is 0.889. The monoisotopic (exact) mass is 184 g/mol. The van der Waals surface area contributed by atoms with Gasteiger partial charge in [0.05, 0.1) is 0 Å². The summed E-state index contributed by atoms with van der Waals surface area (Å²) >= 11 is 0. The third kappa shape index (κ3) is 3.63. The first kappa shape index (κ1) is 10.3. The molecule has 1 unspecified atom stereocenters. The number of guanidine groups is 1. The van der Waals surface area contributed by atoms with Crippen LogP contribution in [0.1, 0.15) is 26.2 Å². The van der Waals surface area contributed by atoms with E-state index in [1.807, 2.05) is 6.92 Å². The van der Waals surface area contributed by atoms with Crippen LogP contribution >= 0.6 is 0 Å². The second-order valence-electron chi connectivity index (χ2n) is 3.70. The molecule has 4 nitrogen and oxygen atoms in total. The fourth-order valence-electron chi connectivity index (χ4n) is 1.50. The molecule has 0 aromatic carbocycles. The molecule has 0 aromatic rings. The van der Waals surface area contributed by atoms with Crippen LogP contribution < -0.4 is 11.5 Å². The predicted molar refractivity (Wildman–Crippen MR) is 55.6 cm³/mol. The fourth-order valence-corrected chi connectivity index (χ4v) is 1.50. The van der Waals surface area contributed by atoms with Gasteiger partial charge in [-0.2, -0.15) is 0 Å². The van der Waals surface area contributed by atoms with Crippen molar-refractivity contribution in [3.8, 4) is 0 Å². The Morgan fingerprint density at radius 3 is 3.00 bits per heavy atom. The van der Waals surface area contributed by atoms with Gasteiger partial charge < -0.3 is 16.4 Å². The molecule has 0 fully saturated rings. The Kier molecular flexibility index (Phi) is 4.02. The van der Waals surface area contributed by atoms with E-state index in [4.69, 9.17) is 11.5 Å². The number of nitrogens with two attached hydrogens (primary N) is 2. The Morgan fingerprint density at radius 2 is 2.38 bits per heavy atom. The van der Waals surface area contributed by atoms with Crippen molar-refractivity contribution in [1.29, 1.82) is 0 Å². The summed E-state index contributed by atoms with van der Waals surface area (Å²) in [7, 11) is 0. The van der Waals surface area contributed by atoms with Gasteiger partial charge in [0.25, 0.3) is 0 Å². The first-order valence-corrected chi connectivity index (χ1v) is 5.00. The zero-order chi connectivity index (χ0) is 9.68. The Bertz CT molecular complexity index is 176. The minimum atomic E-state index is 0.294. The lowest BCUT2D eigenvalue weighted by Gasteiger charge is -2.26. The molecular formula is C9H20N4. The summed E-state index contributed by atoms with van der Waals surface area (Å²) in [5, 5.41) is 0. The second-order valence-corrected chi connectivity index (χ2v) is 3.70. The van der Waals surface area contributed by atoms with Crippen LogP contribution in [-0.2, 0) is 0 Å². The van der Waals surface area contributed by atoms with Crippen molar-refractivity contribution in [3.05, 3.63) is 0 Å². The summed E-state index contributed by atoms with van der Waals surface area (Å²) < 4.78 is 0. The lowest BCUT2D eigenvalue weighted by molar-refractivity contribution is 0.373. The van der Waals surface area contributed by atoms with Crippen LogP contribution in [-0.4, -0.2) is 36.5 Å². The smallest absolute Gasteiger partial charge is 0.191 e. The molecule has 0 aromatic heterocycles. The second kappa shape index (κ2) is 5.07. The van der Waals surface area contributed by atoms with Crippen LogP contribution in [0.2, 0.25) is 0 Å². The molecular weight excluding hydrogens is 164 g/mol. The minimum absolute atomic E-state index is 0.294. The summed E-state index contributed by atoms with van der Waals surface area (Å²) in [6.07, 6.45) is 3.29. The molecule has 0 aliphatic carbocycles. The summed E-state index contributed by atoms with van der Waals surface area (Å²) in [6, 6.07) is 0.294. The first-order chi connectivity index (χ1) is 6.20. The van der Waals surface area contributed by atoms with E-state index in [-0.39, 0.29) is 0 Å². The number of aliphatic imine (C=N–C) groups is 1. The third-order valence-electron chi connectivity index (χ3n) is 2.27. The Hall–Kier alpha value is -0.770. The molecule has 0 spiro atoms. The predicted octanol–water partition coefficient (Wildman–Crippen LogP) is 0.134. The molecule has 0 saturated carbocycles. The van der Waals surface area contributed by atoms with Gasteiger partial charge in [-0.1, -0.05) is 0 Å². The van der Waals surface area contributed by atoms with Gasteiger partial charge in [0.15, 0.2) is 5.96 Å². The van der Waals surface area contributed by atoms with Gasteiger partial charge in [-0.05, 0) is 26.2 Å². The van der Waals surface area contributed by atoms with Gasteiger partial charge in [-0.15, -0.1) is 0 Å². The van der Waals surface area contributed by atoms with Gasteiger partial charge in [-0.3, -0.25) is 4.99 Å². The van der Waals surface area contributed by atoms with Crippen molar-refractivity contribution in [3.63, 3.8) is 0 Å². The average Bonchev–Trinajstić information content (AvgIpc) is 2.08. The highest BCUT2D eigenvalue weighted by atomic mass is 15.3. The van der Waals surface area contributed by atoms with Crippen LogP contribution in [0.25, 0.3) is 0 Å². The third-order valence-corrected chi connectivity index (χ3v) is 2.27. The molecule has 4 N–H and O–H groups in total. The van der Waals surface area contributed by atoms with E-state index in [9.17, 15) is 0 Å². The van der Waals surface area contributed by atoms with Crippen molar-refractivity contribution in [2.24, 2.45) is 16.5 Å². The van der Waals surface area contributed by atoms with Crippen molar-refractivity contribution >= 4 is 5.96 Å². The normalized spacial score (nSPS) is 19.8. The van der Waals surface area contributed by atoms with Crippen LogP contribution in [0.4, 0.5) is 0 Å². The molecule has 1 aliphatic heterocycles. The van der Waals surface area contributed by atoms with Crippen LogP contribution in [0.5, 0.6) is 0 Å². The van der Waals surface area contributed by atoms with Gasteiger partial charge in [0, 0.05) is 25.7 Å². The molecule has 1 aliphatic rings. The van der Waals surface area contributed by atoms with Crippen LogP contribution in [0, 0.1) is 0 Å². The topological polar surface area (TPSA) is 67.6 Å². The lowest BCUT2D eigenvalue weighted by atomic mass is 10.2. The maximum Gasteiger partial charge on any atom is 0.191 e.